The zero-order valence-corrected chi connectivity index (χ0v) is 16.0. The molecule has 0 saturated carbocycles. The van der Waals surface area contributed by atoms with Crippen LogP contribution in [0.1, 0.15) is 31.9 Å². The molecule has 29 heavy (non-hydrogen) atoms. The molecule has 3 rings (SSSR count). The van der Waals surface area contributed by atoms with Crippen LogP contribution >= 0.6 is 0 Å². The Hall–Kier alpha value is -3.27. The van der Waals surface area contributed by atoms with E-state index in [9.17, 15) is 18.7 Å². The topological polar surface area (TPSA) is 104 Å². The third-order valence-electron chi connectivity index (χ3n) is 4.45. The number of carbonyl (C=O) groups is 1. The molecular formula is C19H22F2N6O2. The van der Waals surface area contributed by atoms with Gasteiger partial charge in [0.2, 0.25) is 0 Å². The number of hydrogen-bond acceptors (Lipinski definition) is 5. The fraction of sp³-hybridized carbons (Fsp3) is 0.316. The van der Waals surface area contributed by atoms with Crippen LogP contribution in [-0.4, -0.2) is 38.4 Å². The lowest BCUT2D eigenvalue weighted by atomic mass is 10.1. The molecule has 2 amide bonds. The van der Waals surface area contributed by atoms with Crippen LogP contribution in [0.25, 0.3) is 5.65 Å². The maximum Gasteiger partial charge on any atom is 0.319 e. The van der Waals surface area contributed by atoms with Crippen LogP contribution in [0.4, 0.5) is 25.1 Å². The van der Waals surface area contributed by atoms with Gasteiger partial charge in [0.1, 0.15) is 23.1 Å². The van der Waals surface area contributed by atoms with Gasteiger partial charge in [-0.25, -0.2) is 23.1 Å². The number of carbonyl (C=O) groups excluding carboxylic acids is 1. The zero-order chi connectivity index (χ0) is 21.0. The predicted octanol–water partition coefficient (Wildman–Crippen LogP) is 3.07. The van der Waals surface area contributed by atoms with E-state index in [1.807, 2.05) is 6.92 Å². The zero-order valence-electron chi connectivity index (χ0n) is 16.0. The van der Waals surface area contributed by atoms with E-state index in [4.69, 9.17) is 0 Å². The second-order valence-electron chi connectivity index (χ2n) is 6.56. The number of nitrogens with one attached hydrogen (secondary N) is 3. The first-order valence-corrected chi connectivity index (χ1v) is 9.15. The number of aliphatic hydroxyl groups excluding tert-OH is 1. The Morgan fingerprint density at radius 3 is 2.83 bits per heavy atom. The predicted molar refractivity (Wildman–Crippen MR) is 105 cm³/mol. The van der Waals surface area contributed by atoms with Gasteiger partial charge in [0, 0.05) is 11.8 Å². The minimum Gasteiger partial charge on any atom is -0.394 e. The van der Waals surface area contributed by atoms with Gasteiger partial charge in [-0.2, -0.15) is 5.10 Å². The van der Waals surface area contributed by atoms with Crippen molar-refractivity contribution in [2.45, 2.75) is 32.4 Å². The van der Waals surface area contributed by atoms with Crippen molar-refractivity contribution in [3.63, 3.8) is 0 Å². The molecular weight excluding hydrogens is 382 g/mol. The molecule has 0 aliphatic heterocycles. The number of urea groups is 1. The van der Waals surface area contributed by atoms with Crippen LogP contribution in [0.5, 0.6) is 0 Å². The molecule has 3 aromatic rings. The molecule has 0 aliphatic carbocycles. The number of halogens is 2. The lowest BCUT2D eigenvalue weighted by Crippen LogP contribution is -2.39. The summed E-state index contributed by atoms with van der Waals surface area (Å²) in [6, 6.07) is 3.51. The van der Waals surface area contributed by atoms with Crippen molar-refractivity contribution in [1.29, 1.82) is 0 Å². The SMILES string of the molecule is CCC(CO)NC(=O)Nc1cnn2ccc(N[C@H](C)c3cc(F)ccc3F)nc12. The monoisotopic (exact) mass is 404 g/mol. The average Bonchev–Trinajstić information content (AvgIpc) is 3.09. The Kier molecular flexibility index (Phi) is 6.23. The van der Waals surface area contributed by atoms with E-state index in [0.717, 1.165) is 18.2 Å². The van der Waals surface area contributed by atoms with Gasteiger partial charge < -0.3 is 21.1 Å². The van der Waals surface area contributed by atoms with Gasteiger partial charge in [-0.1, -0.05) is 6.92 Å². The Labute approximate surface area is 166 Å². The van der Waals surface area contributed by atoms with Crippen LogP contribution in [0.3, 0.4) is 0 Å². The van der Waals surface area contributed by atoms with E-state index in [-0.39, 0.29) is 18.2 Å². The fourth-order valence-corrected chi connectivity index (χ4v) is 2.80. The third kappa shape index (κ3) is 4.77. The standard InChI is InChI=1S/C19H22F2N6O2/c1-3-13(10-28)24-19(29)25-16-9-22-27-7-6-17(26-18(16)27)23-11(2)14-8-12(20)4-5-15(14)21/h4-9,11,13,28H,3,10H2,1-2H3,(H,23,26)(H2,24,25,29)/t11-,13?/m1/s1. The number of nitrogens with zero attached hydrogens (tertiary/aromatic N) is 3. The summed E-state index contributed by atoms with van der Waals surface area (Å²) < 4.78 is 28.9. The Morgan fingerprint density at radius 2 is 2.10 bits per heavy atom. The lowest BCUT2D eigenvalue weighted by Gasteiger charge is -2.16. The third-order valence-corrected chi connectivity index (χ3v) is 4.45. The first-order valence-electron chi connectivity index (χ1n) is 9.15. The second-order valence-corrected chi connectivity index (χ2v) is 6.56. The van der Waals surface area contributed by atoms with Gasteiger partial charge in [-0.3, -0.25) is 0 Å². The van der Waals surface area contributed by atoms with Crippen LogP contribution < -0.4 is 16.0 Å². The first-order chi connectivity index (χ1) is 13.9. The van der Waals surface area contributed by atoms with Crippen LogP contribution in [0.15, 0.2) is 36.7 Å². The van der Waals surface area contributed by atoms with Gasteiger partial charge in [0.25, 0.3) is 0 Å². The normalized spacial score (nSPS) is 13.1. The van der Waals surface area contributed by atoms with Crippen molar-refractivity contribution < 1.29 is 18.7 Å². The van der Waals surface area contributed by atoms with Crippen molar-refractivity contribution in [3.8, 4) is 0 Å². The number of aromatic nitrogens is 3. The van der Waals surface area contributed by atoms with Crippen LogP contribution in [0, 0.1) is 11.6 Å². The van der Waals surface area contributed by atoms with Crippen molar-refractivity contribution in [3.05, 3.63) is 53.9 Å². The number of aliphatic hydroxyl groups is 1. The smallest absolute Gasteiger partial charge is 0.319 e. The largest absolute Gasteiger partial charge is 0.394 e. The number of hydrogen-bond donors (Lipinski definition) is 4. The molecule has 1 unspecified atom stereocenters. The van der Waals surface area contributed by atoms with Crippen LogP contribution in [0.2, 0.25) is 0 Å². The molecule has 0 radical (unpaired) electrons. The quantitative estimate of drug-likeness (QED) is 0.485. The summed E-state index contributed by atoms with van der Waals surface area (Å²) in [4.78, 5) is 16.5. The Morgan fingerprint density at radius 1 is 1.31 bits per heavy atom. The molecule has 0 fully saturated rings. The second kappa shape index (κ2) is 8.82. The molecule has 0 spiro atoms. The molecule has 1 aromatic carbocycles. The highest BCUT2D eigenvalue weighted by molar-refractivity contribution is 5.93. The highest BCUT2D eigenvalue weighted by atomic mass is 19.1. The van der Waals surface area contributed by atoms with E-state index >= 15 is 0 Å². The van der Waals surface area contributed by atoms with E-state index in [2.05, 4.69) is 26.0 Å². The first kappa shape index (κ1) is 20.5. The highest BCUT2D eigenvalue weighted by Gasteiger charge is 2.15. The molecule has 8 nitrogen and oxygen atoms in total. The molecule has 154 valence electrons. The number of rotatable bonds is 7. The fourth-order valence-electron chi connectivity index (χ4n) is 2.80. The van der Waals surface area contributed by atoms with E-state index in [0.29, 0.717) is 23.6 Å². The average molecular weight is 404 g/mol. The molecule has 0 saturated heterocycles. The van der Waals surface area contributed by atoms with E-state index < -0.39 is 23.7 Å². The van der Waals surface area contributed by atoms with Crippen molar-refractivity contribution in [2.75, 3.05) is 17.2 Å². The Balaban J connectivity index is 1.78. The van der Waals surface area contributed by atoms with Gasteiger partial charge in [-0.05, 0) is 37.6 Å². The van der Waals surface area contributed by atoms with E-state index in [1.165, 1.54) is 10.7 Å². The minimum atomic E-state index is -0.543. The summed E-state index contributed by atoms with van der Waals surface area (Å²) in [5.74, 6) is -0.648. The maximum absolute atomic E-state index is 14.0. The van der Waals surface area contributed by atoms with Crippen LogP contribution in [-0.2, 0) is 0 Å². The van der Waals surface area contributed by atoms with Crippen molar-refractivity contribution >= 4 is 23.2 Å². The van der Waals surface area contributed by atoms with Gasteiger partial charge in [0.05, 0.1) is 24.9 Å². The summed E-state index contributed by atoms with van der Waals surface area (Å²) in [5, 5.41) is 21.6. The number of benzene rings is 1. The van der Waals surface area contributed by atoms with Crippen molar-refractivity contribution in [2.24, 2.45) is 0 Å². The summed E-state index contributed by atoms with van der Waals surface area (Å²) in [6.07, 6.45) is 3.66. The minimum absolute atomic E-state index is 0.167. The number of anilines is 2. The summed E-state index contributed by atoms with van der Waals surface area (Å²) in [5.41, 5.74) is 0.908. The molecule has 0 bridgehead atoms. The molecule has 0 aliphatic rings. The molecule has 10 heteroatoms. The highest BCUT2D eigenvalue weighted by Crippen LogP contribution is 2.23. The Bertz CT molecular complexity index is 1010. The maximum atomic E-state index is 14.0. The van der Waals surface area contributed by atoms with Gasteiger partial charge in [-0.15, -0.1) is 0 Å². The number of amides is 2. The molecule has 4 N–H and O–H groups in total. The lowest BCUT2D eigenvalue weighted by molar-refractivity contribution is 0.222. The summed E-state index contributed by atoms with van der Waals surface area (Å²) in [6.45, 7) is 3.37. The summed E-state index contributed by atoms with van der Waals surface area (Å²) in [7, 11) is 0. The number of fused-ring (bicyclic) bond motifs is 1. The molecule has 2 aromatic heterocycles. The van der Waals surface area contributed by atoms with Gasteiger partial charge in [0.15, 0.2) is 5.65 Å². The van der Waals surface area contributed by atoms with Crippen molar-refractivity contribution in [1.82, 2.24) is 19.9 Å². The van der Waals surface area contributed by atoms with E-state index in [1.54, 1.807) is 19.2 Å². The summed E-state index contributed by atoms with van der Waals surface area (Å²) >= 11 is 0. The van der Waals surface area contributed by atoms with Gasteiger partial charge >= 0.3 is 6.03 Å². The molecule has 2 heterocycles. The molecule has 2 atom stereocenters.